The van der Waals surface area contributed by atoms with E-state index < -0.39 is 22.5 Å². The molecule has 0 aliphatic heterocycles. The van der Waals surface area contributed by atoms with Crippen LogP contribution in [0.2, 0.25) is 0 Å². The summed E-state index contributed by atoms with van der Waals surface area (Å²) in [6.07, 6.45) is -4.38. The molecule has 0 aliphatic carbocycles. The quantitative estimate of drug-likeness (QED) is 0.852. The number of carbonyl (C=O) groups excluding carboxylic acids is 1. The van der Waals surface area contributed by atoms with Gasteiger partial charge in [0.05, 0.1) is 5.56 Å². The molecule has 0 unspecified atom stereocenters. The average Bonchev–Trinajstić information content (AvgIpc) is 2.53. The molecular formula is C17H16F3NO2S. The Labute approximate surface area is 140 Å². The number of anilines is 1. The zero-order valence-electron chi connectivity index (χ0n) is 12.7. The average molecular weight is 355 g/mol. The lowest BCUT2D eigenvalue weighted by Gasteiger charge is -2.09. The minimum Gasteiger partial charge on any atom is -0.326 e. The van der Waals surface area contributed by atoms with Gasteiger partial charge in [-0.2, -0.15) is 13.2 Å². The van der Waals surface area contributed by atoms with Crippen LogP contribution in [0, 0.1) is 0 Å². The number of halogens is 3. The van der Waals surface area contributed by atoms with E-state index >= 15 is 0 Å². The first-order valence-electron chi connectivity index (χ1n) is 7.20. The molecule has 2 rings (SSSR count). The number of benzene rings is 2. The second-order valence-corrected chi connectivity index (χ2v) is 6.73. The Hall–Kier alpha value is -2.15. The first kappa shape index (κ1) is 18.2. The van der Waals surface area contributed by atoms with Crippen LogP contribution in [0.1, 0.15) is 17.5 Å². The third kappa shape index (κ3) is 5.81. The van der Waals surface area contributed by atoms with Crippen molar-refractivity contribution in [3.63, 3.8) is 0 Å². The number of hydrogen-bond donors (Lipinski definition) is 1. The van der Waals surface area contributed by atoms with Crippen LogP contribution in [0.15, 0.2) is 54.6 Å². The second-order valence-electron chi connectivity index (χ2n) is 5.15. The lowest BCUT2D eigenvalue weighted by atomic mass is 10.1. The van der Waals surface area contributed by atoms with E-state index in [0.717, 1.165) is 12.1 Å². The largest absolute Gasteiger partial charge is 0.416 e. The minimum atomic E-state index is -4.42. The molecule has 3 nitrogen and oxygen atoms in total. The molecule has 0 saturated carbocycles. The predicted octanol–water partition coefficient (Wildman–Crippen LogP) is 3.98. The Morgan fingerprint density at radius 1 is 1.04 bits per heavy atom. The Balaban J connectivity index is 1.84. The summed E-state index contributed by atoms with van der Waals surface area (Å²) in [6, 6.07) is 13.6. The minimum absolute atomic E-state index is 0.0114. The third-order valence-corrected chi connectivity index (χ3v) is 4.51. The maximum absolute atomic E-state index is 12.6. The van der Waals surface area contributed by atoms with Gasteiger partial charge in [0.1, 0.15) is 0 Å². The van der Waals surface area contributed by atoms with Crippen LogP contribution in [-0.4, -0.2) is 15.9 Å². The van der Waals surface area contributed by atoms with Gasteiger partial charge in [0.15, 0.2) is 0 Å². The number of para-hydroxylation sites is 1. The molecule has 0 heterocycles. The van der Waals surface area contributed by atoms with Crippen LogP contribution in [0.4, 0.5) is 18.9 Å². The van der Waals surface area contributed by atoms with Gasteiger partial charge in [-0.1, -0.05) is 36.4 Å². The van der Waals surface area contributed by atoms with Crippen LogP contribution < -0.4 is 5.32 Å². The van der Waals surface area contributed by atoms with Crippen molar-refractivity contribution in [2.75, 3.05) is 11.1 Å². The first-order chi connectivity index (χ1) is 11.3. The molecule has 0 saturated heterocycles. The highest BCUT2D eigenvalue weighted by Gasteiger charge is 2.30. The summed E-state index contributed by atoms with van der Waals surface area (Å²) in [5.41, 5.74) is 0.219. The fourth-order valence-electron chi connectivity index (χ4n) is 2.05. The van der Waals surface area contributed by atoms with Crippen molar-refractivity contribution in [1.29, 1.82) is 0 Å². The molecule has 2 aromatic rings. The summed E-state index contributed by atoms with van der Waals surface area (Å²) in [5.74, 6) is -0.198. The second kappa shape index (κ2) is 8.10. The SMILES string of the molecule is O=C(CC[S@@](=O)Cc1cccc(C(F)(F)F)c1)Nc1ccccc1. The topological polar surface area (TPSA) is 46.2 Å². The smallest absolute Gasteiger partial charge is 0.326 e. The van der Waals surface area contributed by atoms with E-state index in [9.17, 15) is 22.2 Å². The van der Waals surface area contributed by atoms with Gasteiger partial charge in [0.25, 0.3) is 0 Å². The van der Waals surface area contributed by atoms with Crippen molar-refractivity contribution in [1.82, 2.24) is 0 Å². The molecule has 1 atom stereocenters. The zero-order chi connectivity index (χ0) is 17.6. The molecule has 2 aromatic carbocycles. The number of carbonyl (C=O) groups is 1. The monoisotopic (exact) mass is 355 g/mol. The number of nitrogens with one attached hydrogen (secondary N) is 1. The fourth-order valence-corrected chi connectivity index (χ4v) is 3.16. The fraction of sp³-hybridized carbons (Fsp3) is 0.235. The molecule has 0 spiro atoms. The van der Waals surface area contributed by atoms with Gasteiger partial charge in [-0.15, -0.1) is 0 Å². The van der Waals surface area contributed by atoms with Crippen LogP contribution in [0.3, 0.4) is 0 Å². The molecule has 0 aromatic heterocycles. The highest BCUT2D eigenvalue weighted by molar-refractivity contribution is 7.84. The maximum Gasteiger partial charge on any atom is 0.416 e. The Bertz CT molecular complexity index is 717. The number of alkyl halides is 3. The molecule has 0 aliphatic rings. The summed E-state index contributed by atoms with van der Waals surface area (Å²) >= 11 is 0. The Kier molecular flexibility index (Phi) is 6.14. The van der Waals surface area contributed by atoms with Gasteiger partial charge in [-0.05, 0) is 23.8 Å². The van der Waals surface area contributed by atoms with Crippen molar-refractivity contribution in [2.24, 2.45) is 0 Å². The Morgan fingerprint density at radius 2 is 1.75 bits per heavy atom. The lowest BCUT2D eigenvalue weighted by molar-refractivity contribution is -0.137. The van der Waals surface area contributed by atoms with Crippen molar-refractivity contribution in [3.05, 3.63) is 65.7 Å². The van der Waals surface area contributed by atoms with E-state index in [1.807, 2.05) is 6.07 Å². The summed E-state index contributed by atoms with van der Waals surface area (Å²) in [7, 11) is -1.41. The highest BCUT2D eigenvalue weighted by atomic mass is 32.2. The molecule has 0 bridgehead atoms. The maximum atomic E-state index is 12.6. The normalized spacial score (nSPS) is 12.6. The third-order valence-electron chi connectivity index (χ3n) is 3.20. The molecule has 0 radical (unpaired) electrons. The van der Waals surface area contributed by atoms with Crippen molar-refractivity contribution >= 4 is 22.4 Å². The van der Waals surface area contributed by atoms with Crippen LogP contribution in [0.5, 0.6) is 0 Å². The van der Waals surface area contributed by atoms with E-state index in [2.05, 4.69) is 5.32 Å². The standard InChI is InChI=1S/C17H16F3NO2S/c18-17(19,20)14-6-4-5-13(11-14)12-24(23)10-9-16(22)21-15-7-2-1-3-8-15/h1-8,11H,9-10,12H2,(H,21,22)/t24-/m1/s1. The zero-order valence-corrected chi connectivity index (χ0v) is 13.5. The summed E-state index contributed by atoms with van der Waals surface area (Å²) < 4.78 is 49.9. The van der Waals surface area contributed by atoms with Gasteiger partial charge >= 0.3 is 6.18 Å². The van der Waals surface area contributed by atoms with Crippen molar-refractivity contribution in [2.45, 2.75) is 18.3 Å². The molecule has 0 fully saturated rings. The van der Waals surface area contributed by atoms with Crippen molar-refractivity contribution in [3.8, 4) is 0 Å². The number of amides is 1. The van der Waals surface area contributed by atoms with E-state index in [-0.39, 0.29) is 23.8 Å². The molecule has 1 amide bonds. The number of rotatable bonds is 6. The van der Waals surface area contributed by atoms with Crippen LogP contribution >= 0.6 is 0 Å². The lowest BCUT2D eigenvalue weighted by Crippen LogP contribution is -2.15. The van der Waals surface area contributed by atoms with Crippen molar-refractivity contribution < 1.29 is 22.2 Å². The van der Waals surface area contributed by atoms with E-state index in [0.29, 0.717) is 11.3 Å². The summed E-state index contributed by atoms with van der Waals surface area (Å²) in [6.45, 7) is 0. The van der Waals surface area contributed by atoms with E-state index in [1.165, 1.54) is 12.1 Å². The molecule has 128 valence electrons. The summed E-state index contributed by atoms with van der Waals surface area (Å²) in [5, 5.41) is 2.67. The number of hydrogen-bond acceptors (Lipinski definition) is 2. The molecule has 7 heteroatoms. The van der Waals surface area contributed by atoms with Gasteiger partial charge in [0.2, 0.25) is 5.91 Å². The molecule has 24 heavy (non-hydrogen) atoms. The first-order valence-corrected chi connectivity index (χ1v) is 8.69. The predicted molar refractivity (Wildman–Crippen MR) is 87.8 cm³/mol. The van der Waals surface area contributed by atoms with Gasteiger partial charge < -0.3 is 5.32 Å². The molecular weight excluding hydrogens is 339 g/mol. The molecule has 1 N–H and O–H groups in total. The van der Waals surface area contributed by atoms with Crippen LogP contribution in [-0.2, 0) is 27.5 Å². The Morgan fingerprint density at radius 3 is 2.42 bits per heavy atom. The van der Waals surface area contributed by atoms with E-state index in [4.69, 9.17) is 0 Å². The summed E-state index contributed by atoms with van der Waals surface area (Å²) in [4.78, 5) is 11.8. The van der Waals surface area contributed by atoms with Crippen LogP contribution in [0.25, 0.3) is 0 Å². The van der Waals surface area contributed by atoms with Gasteiger partial charge in [-0.3, -0.25) is 9.00 Å². The van der Waals surface area contributed by atoms with E-state index in [1.54, 1.807) is 24.3 Å². The van der Waals surface area contributed by atoms with Gasteiger partial charge in [0, 0.05) is 34.4 Å². The highest BCUT2D eigenvalue weighted by Crippen LogP contribution is 2.29. The van der Waals surface area contributed by atoms with Gasteiger partial charge in [-0.25, -0.2) is 0 Å².